The first-order chi connectivity index (χ1) is 15.2. The van der Waals surface area contributed by atoms with Gasteiger partial charge in [0.05, 0.1) is 0 Å². The first-order valence-electron chi connectivity index (χ1n) is 10.4. The minimum Gasteiger partial charge on any atom is -0.436 e. The van der Waals surface area contributed by atoms with Crippen molar-refractivity contribution < 1.29 is 25.2 Å². The summed E-state index contributed by atoms with van der Waals surface area (Å²) in [5, 5.41) is 4.73. The summed E-state index contributed by atoms with van der Waals surface area (Å²) in [6.45, 7) is 8.63. The molecule has 0 saturated carbocycles. The number of hydrogen-bond acceptors (Lipinski definition) is 1. The molecule has 0 aromatic heterocycles. The molecular formula is C28H26OPtSi2. The average molecular weight is 630 g/mol. The van der Waals surface area contributed by atoms with Crippen LogP contribution in [0.15, 0.2) is 146 Å². The van der Waals surface area contributed by atoms with E-state index in [1.165, 1.54) is 20.7 Å². The Kier molecular flexibility index (Phi) is 8.16. The molecule has 4 rings (SSSR count). The number of benzene rings is 4. The molecule has 4 heteroatoms. The van der Waals surface area contributed by atoms with Crippen molar-refractivity contribution in [2.24, 2.45) is 0 Å². The van der Waals surface area contributed by atoms with E-state index in [4.69, 9.17) is 4.12 Å². The van der Waals surface area contributed by atoms with Crippen molar-refractivity contribution >= 4 is 37.4 Å². The molecule has 0 saturated heterocycles. The molecule has 162 valence electrons. The van der Waals surface area contributed by atoms with Gasteiger partial charge in [-0.05, 0) is 20.7 Å². The van der Waals surface area contributed by atoms with Crippen molar-refractivity contribution in [2.45, 2.75) is 0 Å². The van der Waals surface area contributed by atoms with Crippen molar-refractivity contribution in [3.63, 3.8) is 0 Å². The monoisotopic (exact) mass is 629 g/mol. The van der Waals surface area contributed by atoms with Crippen LogP contribution in [0.5, 0.6) is 0 Å². The van der Waals surface area contributed by atoms with Gasteiger partial charge in [0.15, 0.2) is 0 Å². The van der Waals surface area contributed by atoms with Crippen LogP contribution >= 0.6 is 0 Å². The smallest absolute Gasteiger partial charge is 0.270 e. The molecule has 0 spiro atoms. The van der Waals surface area contributed by atoms with Gasteiger partial charge in [-0.15, -0.1) is 13.2 Å². The predicted octanol–water partition coefficient (Wildman–Crippen LogP) is 3.97. The van der Waals surface area contributed by atoms with Crippen LogP contribution < -0.4 is 20.7 Å². The van der Waals surface area contributed by atoms with Gasteiger partial charge in [-0.25, -0.2) is 0 Å². The van der Waals surface area contributed by atoms with Gasteiger partial charge in [0, 0.05) is 21.1 Å². The van der Waals surface area contributed by atoms with E-state index in [0.717, 1.165) is 0 Å². The van der Waals surface area contributed by atoms with E-state index in [9.17, 15) is 0 Å². The van der Waals surface area contributed by atoms with E-state index in [1.54, 1.807) is 0 Å². The molecule has 0 atom stereocenters. The Morgan fingerprint density at radius 2 is 0.656 bits per heavy atom. The van der Waals surface area contributed by atoms with Crippen molar-refractivity contribution in [1.29, 1.82) is 0 Å². The Morgan fingerprint density at radius 1 is 0.438 bits per heavy atom. The van der Waals surface area contributed by atoms with Crippen molar-refractivity contribution in [3.8, 4) is 0 Å². The third-order valence-corrected chi connectivity index (χ3v) is 14.2. The van der Waals surface area contributed by atoms with Crippen LogP contribution in [-0.2, 0) is 25.2 Å². The van der Waals surface area contributed by atoms with Gasteiger partial charge in [0.25, 0.3) is 16.6 Å². The van der Waals surface area contributed by atoms with Gasteiger partial charge in [-0.1, -0.05) is 133 Å². The molecule has 0 radical (unpaired) electrons. The van der Waals surface area contributed by atoms with E-state index < -0.39 is 16.6 Å². The molecular weight excluding hydrogens is 604 g/mol. The van der Waals surface area contributed by atoms with Crippen LogP contribution in [-0.4, -0.2) is 16.6 Å². The summed E-state index contributed by atoms with van der Waals surface area (Å²) >= 11 is 0. The Labute approximate surface area is 207 Å². The van der Waals surface area contributed by atoms with Crippen LogP contribution in [0.1, 0.15) is 0 Å². The fourth-order valence-electron chi connectivity index (χ4n) is 4.12. The molecule has 0 fully saturated rings. The van der Waals surface area contributed by atoms with Crippen molar-refractivity contribution in [3.05, 3.63) is 146 Å². The second kappa shape index (κ2) is 10.8. The Hall–Kier alpha value is -2.56. The maximum absolute atomic E-state index is 7.51. The number of rotatable bonds is 8. The SMILES string of the molecule is C=C[Si](O[Si](C=C)(c1ccccc1)c1ccccc1)(c1ccccc1)c1ccccc1.[Pt]. The van der Waals surface area contributed by atoms with Gasteiger partial charge in [0.2, 0.25) is 0 Å². The maximum Gasteiger partial charge on any atom is 0.270 e. The molecule has 32 heavy (non-hydrogen) atoms. The molecule has 0 unspecified atom stereocenters. The van der Waals surface area contributed by atoms with Crippen LogP contribution in [0.25, 0.3) is 0 Å². The summed E-state index contributed by atoms with van der Waals surface area (Å²) < 4.78 is 7.51. The summed E-state index contributed by atoms with van der Waals surface area (Å²) in [4.78, 5) is 0. The van der Waals surface area contributed by atoms with E-state index in [1.807, 2.05) is 24.3 Å². The van der Waals surface area contributed by atoms with Crippen LogP contribution in [0.2, 0.25) is 0 Å². The van der Waals surface area contributed by atoms with Gasteiger partial charge in [0.1, 0.15) is 0 Å². The third-order valence-electron chi connectivity index (χ3n) is 5.71. The number of hydrogen-bond donors (Lipinski definition) is 0. The molecule has 0 aliphatic carbocycles. The summed E-state index contributed by atoms with van der Waals surface area (Å²) in [6, 6.07) is 42.1. The van der Waals surface area contributed by atoms with Gasteiger partial charge >= 0.3 is 0 Å². The van der Waals surface area contributed by atoms with Gasteiger partial charge in [-0.3, -0.25) is 0 Å². The van der Waals surface area contributed by atoms with Crippen LogP contribution in [0.3, 0.4) is 0 Å². The Balaban J connectivity index is 0.00000289. The second-order valence-electron chi connectivity index (χ2n) is 7.45. The third kappa shape index (κ3) is 4.48. The normalized spacial score (nSPS) is 11.2. The molecule has 0 aliphatic heterocycles. The minimum absolute atomic E-state index is 0. The summed E-state index contributed by atoms with van der Waals surface area (Å²) in [7, 11) is -5.58. The average Bonchev–Trinajstić information content (AvgIpc) is 2.87. The Bertz CT molecular complexity index is 961. The zero-order valence-electron chi connectivity index (χ0n) is 17.8. The molecule has 0 bridgehead atoms. The van der Waals surface area contributed by atoms with Gasteiger partial charge < -0.3 is 4.12 Å². The van der Waals surface area contributed by atoms with E-state index in [0.29, 0.717) is 0 Å². The molecule has 4 aromatic rings. The van der Waals surface area contributed by atoms with Gasteiger partial charge in [-0.2, -0.15) is 0 Å². The standard InChI is InChI=1S/C28H26OSi2.Pt/c1-3-30(25-17-9-5-10-18-25,26-19-11-6-12-20-26)29-31(4-2,27-21-13-7-14-22-27)28-23-15-8-16-24-28;/h3-24H,1-2H2;. The first-order valence-corrected chi connectivity index (χ1v) is 14.4. The first kappa shape index (κ1) is 24.1. The van der Waals surface area contributed by atoms with Crippen molar-refractivity contribution in [2.75, 3.05) is 0 Å². The zero-order valence-corrected chi connectivity index (χ0v) is 22.1. The molecule has 0 aliphatic rings. The topological polar surface area (TPSA) is 9.23 Å². The summed E-state index contributed by atoms with van der Waals surface area (Å²) in [5.41, 5.74) is 4.13. The zero-order chi connectivity index (χ0) is 21.6. The van der Waals surface area contributed by atoms with Crippen molar-refractivity contribution in [1.82, 2.24) is 0 Å². The van der Waals surface area contributed by atoms with Crippen LogP contribution in [0.4, 0.5) is 0 Å². The minimum atomic E-state index is -2.79. The molecule has 0 amide bonds. The predicted molar refractivity (Wildman–Crippen MR) is 137 cm³/mol. The fraction of sp³-hybridized carbons (Fsp3) is 0. The fourth-order valence-corrected chi connectivity index (χ4v) is 13.1. The molecule has 0 N–H and O–H groups in total. The Morgan fingerprint density at radius 3 is 0.844 bits per heavy atom. The summed E-state index contributed by atoms with van der Waals surface area (Å²) in [5.74, 6) is 0. The quantitative estimate of drug-likeness (QED) is 0.268. The molecule has 0 heterocycles. The van der Waals surface area contributed by atoms with E-state index in [-0.39, 0.29) is 21.1 Å². The van der Waals surface area contributed by atoms with Crippen LogP contribution in [0, 0.1) is 0 Å². The largest absolute Gasteiger partial charge is 0.436 e. The maximum atomic E-state index is 7.51. The second-order valence-corrected chi connectivity index (χ2v) is 14.3. The van der Waals surface area contributed by atoms with E-state index >= 15 is 0 Å². The van der Waals surface area contributed by atoms with E-state index in [2.05, 4.69) is 122 Å². The molecule has 1 nitrogen and oxygen atoms in total. The summed E-state index contributed by atoms with van der Waals surface area (Å²) in [6.07, 6.45) is 0. The molecule has 4 aromatic carbocycles.